The van der Waals surface area contributed by atoms with Gasteiger partial charge in [-0.15, -0.1) is 0 Å². The van der Waals surface area contributed by atoms with Crippen LogP contribution in [0.5, 0.6) is 0 Å². The van der Waals surface area contributed by atoms with Crippen molar-refractivity contribution in [3.63, 3.8) is 0 Å². The highest BCUT2D eigenvalue weighted by atomic mass is 16.6. The Morgan fingerprint density at radius 3 is 2.59 bits per heavy atom. The molecule has 0 amide bonds. The average molecular weight is 230 g/mol. The van der Waals surface area contributed by atoms with Gasteiger partial charge in [-0.25, -0.2) is 4.79 Å². The molecule has 2 unspecified atom stereocenters. The summed E-state index contributed by atoms with van der Waals surface area (Å²) in [5, 5.41) is 0. The van der Waals surface area contributed by atoms with E-state index in [9.17, 15) is 4.79 Å². The first-order valence-corrected chi connectivity index (χ1v) is 5.91. The Morgan fingerprint density at radius 1 is 1.24 bits per heavy atom. The van der Waals surface area contributed by atoms with E-state index in [-0.39, 0.29) is 0 Å². The second-order valence-corrected chi connectivity index (χ2v) is 4.57. The van der Waals surface area contributed by atoms with Crippen LogP contribution < -0.4 is 0 Å². The van der Waals surface area contributed by atoms with E-state index in [0.717, 1.165) is 31.6 Å². The minimum Gasteiger partial charge on any atom is -0.373 e. The fourth-order valence-electron chi connectivity index (χ4n) is 2.14. The standard InChI is InChI=1S/C14H14O3/c15-5-4-10-2-1-3-11(6-12-8-16-12)14(10)7-13-9-17-13/h1-4,12-13H,6-9H2. The molecule has 0 aromatic heterocycles. The highest BCUT2D eigenvalue weighted by Gasteiger charge is 2.28. The lowest BCUT2D eigenvalue weighted by molar-refractivity contribution is 0.401. The van der Waals surface area contributed by atoms with Gasteiger partial charge < -0.3 is 9.47 Å². The van der Waals surface area contributed by atoms with E-state index in [0.29, 0.717) is 12.2 Å². The van der Waals surface area contributed by atoms with E-state index < -0.39 is 0 Å². The van der Waals surface area contributed by atoms with Crippen molar-refractivity contribution in [1.29, 1.82) is 0 Å². The minimum atomic E-state index is 0.329. The predicted octanol–water partition coefficient (Wildman–Crippen LogP) is 1.41. The van der Waals surface area contributed by atoms with Crippen molar-refractivity contribution in [2.24, 2.45) is 0 Å². The van der Waals surface area contributed by atoms with Crippen molar-refractivity contribution in [2.45, 2.75) is 25.0 Å². The lowest BCUT2D eigenvalue weighted by Gasteiger charge is -2.10. The van der Waals surface area contributed by atoms with Gasteiger partial charge in [-0.3, -0.25) is 0 Å². The van der Waals surface area contributed by atoms with E-state index in [2.05, 4.69) is 6.07 Å². The van der Waals surface area contributed by atoms with Gasteiger partial charge in [0.15, 0.2) is 0 Å². The van der Waals surface area contributed by atoms with E-state index in [1.807, 2.05) is 18.1 Å². The largest absolute Gasteiger partial charge is 0.373 e. The lowest BCUT2D eigenvalue weighted by Crippen LogP contribution is -2.04. The first-order valence-electron chi connectivity index (χ1n) is 5.91. The molecule has 2 aliphatic heterocycles. The van der Waals surface area contributed by atoms with Gasteiger partial charge in [0.1, 0.15) is 5.94 Å². The van der Waals surface area contributed by atoms with E-state index in [4.69, 9.17) is 9.47 Å². The summed E-state index contributed by atoms with van der Waals surface area (Å²) in [5.74, 6) is 1.87. The number of hydrogen-bond donors (Lipinski definition) is 0. The van der Waals surface area contributed by atoms with Crippen LogP contribution in [0.2, 0.25) is 0 Å². The number of carbonyl (C=O) groups excluding carboxylic acids is 1. The van der Waals surface area contributed by atoms with Gasteiger partial charge in [-0.2, -0.15) is 0 Å². The Morgan fingerprint density at radius 2 is 1.94 bits per heavy atom. The highest BCUT2D eigenvalue weighted by molar-refractivity contribution is 5.76. The Bertz CT molecular complexity index is 466. The van der Waals surface area contributed by atoms with Crippen molar-refractivity contribution in [3.05, 3.63) is 34.9 Å². The second-order valence-electron chi connectivity index (χ2n) is 4.57. The quantitative estimate of drug-likeness (QED) is 0.567. The van der Waals surface area contributed by atoms with E-state index in [1.54, 1.807) is 0 Å². The molecule has 3 nitrogen and oxygen atoms in total. The normalized spacial score (nSPS) is 25.2. The summed E-state index contributed by atoms with van der Waals surface area (Å²) in [4.78, 5) is 10.5. The molecule has 0 N–H and O–H groups in total. The minimum absolute atomic E-state index is 0.329. The van der Waals surface area contributed by atoms with Crippen molar-refractivity contribution in [3.8, 4) is 0 Å². The van der Waals surface area contributed by atoms with Gasteiger partial charge in [0.05, 0.1) is 25.4 Å². The molecule has 0 aliphatic carbocycles. The SMILES string of the molecule is O=C=Cc1cccc(CC2CO2)c1CC1CO1. The van der Waals surface area contributed by atoms with Gasteiger partial charge in [-0.1, -0.05) is 18.2 Å². The molecule has 0 radical (unpaired) electrons. The summed E-state index contributed by atoms with van der Waals surface area (Å²) < 4.78 is 10.5. The van der Waals surface area contributed by atoms with Crippen LogP contribution in [0.15, 0.2) is 18.2 Å². The van der Waals surface area contributed by atoms with Crippen LogP contribution in [0, 0.1) is 0 Å². The molecule has 3 heteroatoms. The van der Waals surface area contributed by atoms with Crippen LogP contribution >= 0.6 is 0 Å². The van der Waals surface area contributed by atoms with Gasteiger partial charge >= 0.3 is 0 Å². The number of benzene rings is 1. The summed E-state index contributed by atoms with van der Waals surface area (Å²) in [6, 6.07) is 6.06. The van der Waals surface area contributed by atoms with Crippen molar-refractivity contribution < 1.29 is 14.3 Å². The molecule has 2 saturated heterocycles. The molecule has 0 bridgehead atoms. The molecular weight excluding hydrogens is 216 g/mol. The van der Waals surface area contributed by atoms with E-state index >= 15 is 0 Å². The van der Waals surface area contributed by atoms with Crippen LogP contribution in [0.1, 0.15) is 16.7 Å². The molecule has 0 spiro atoms. The molecule has 88 valence electrons. The molecular formula is C14H14O3. The average Bonchev–Trinajstić information content (AvgIpc) is 3.18. The zero-order valence-corrected chi connectivity index (χ0v) is 9.52. The molecule has 17 heavy (non-hydrogen) atoms. The van der Waals surface area contributed by atoms with Crippen LogP contribution in [0.25, 0.3) is 6.08 Å². The van der Waals surface area contributed by atoms with Crippen molar-refractivity contribution in [1.82, 2.24) is 0 Å². The third-order valence-electron chi connectivity index (χ3n) is 3.21. The summed E-state index contributed by atoms with van der Waals surface area (Å²) >= 11 is 0. The molecule has 2 atom stereocenters. The third-order valence-corrected chi connectivity index (χ3v) is 3.21. The maximum absolute atomic E-state index is 10.5. The summed E-state index contributed by atoms with van der Waals surface area (Å²) in [5.41, 5.74) is 3.45. The molecule has 1 aromatic carbocycles. The fraction of sp³-hybridized carbons (Fsp3) is 0.429. The first-order chi connectivity index (χ1) is 8.36. The van der Waals surface area contributed by atoms with Gasteiger partial charge in [-0.05, 0) is 16.7 Å². The zero-order chi connectivity index (χ0) is 11.7. The van der Waals surface area contributed by atoms with Gasteiger partial charge in [0, 0.05) is 18.9 Å². The Kier molecular flexibility index (Phi) is 2.81. The van der Waals surface area contributed by atoms with Crippen LogP contribution in [-0.2, 0) is 27.1 Å². The van der Waals surface area contributed by atoms with Gasteiger partial charge in [0.25, 0.3) is 0 Å². The lowest BCUT2D eigenvalue weighted by atomic mass is 9.94. The highest BCUT2D eigenvalue weighted by Crippen LogP contribution is 2.26. The number of rotatable bonds is 5. The number of hydrogen-bond acceptors (Lipinski definition) is 3. The van der Waals surface area contributed by atoms with Crippen LogP contribution in [-0.4, -0.2) is 31.4 Å². The Hall–Kier alpha value is -1.41. The topological polar surface area (TPSA) is 42.1 Å². The molecule has 0 saturated carbocycles. The van der Waals surface area contributed by atoms with Crippen molar-refractivity contribution in [2.75, 3.05) is 13.2 Å². The Balaban J connectivity index is 1.92. The number of ether oxygens (including phenoxy) is 2. The third kappa shape index (κ3) is 2.64. The maximum Gasteiger partial charge on any atom is 0.125 e. The second kappa shape index (κ2) is 4.46. The summed E-state index contributed by atoms with van der Waals surface area (Å²) in [6.07, 6.45) is 4.02. The maximum atomic E-state index is 10.5. The molecule has 2 heterocycles. The van der Waals surface area contributed by atoms with Crippen LogP contribution in [0.3, 0.4) is 0 Å². The number of epoxide rings is 2. The first kappa shape index (κ1) is 10.7. The molecule has 2 aliphatic rings. The summed E-state index contributed by atoms with van der Waals surface area (Å²) in [6.45, 7) is 1.69. The zero-order valence-electron chi connectivity index (χ0n) is 9.52. The monoisotopic (exact) mass is 230 g/mol. The molecule has 3 rings (SSSR count). The fourth-order valence-corrected chi connectivity index (χ4v) is 2.14. The van der Waals surface area contributed by atoms with E-state index in [1.165, 1.54) is 17.2 Å². The van der Waals surface area contributed by atoms with Crippen molar-refractivity contribution >= 4 is 12.0 Å². The Labute approximate surface area is 100 Å². The van der Waals surface area contributed by atoms with Gasteiger partial charge in [0.2, 0.25) is 0 Å². The van der Waals surface area contributed by atoms with Crippen LogP contribution in [0.4, 0.5) is 0 Å². The molecule has 2 fully saturated rings. The smallest absolute Gasteiger partial charge is 0.125 e. The predicted molar refractivity (Wildman–Crippen MR) is 63.5 cm³/mol. The molecule has 1 aromatic rings. The summed E-state index contributed by atoms with van der Waals surface area (Å²) in [7, 11) is 0.